The molecule has 0 amide bonds. The van der Waals surface area contributed by atoms with Crippen LogP contribution < -0.4 is 0 Å². The maximum absolute atomic E-state index is 9.74. The van der Waals surface area contributed by atoms with Gasteiger partial charge in [-0.25, -0.2) is 0 Å². The van der Waals surface area contributed by atoms with Crippen molar-refractivity contribution in [2.45, 2.75) is 57.9 Å². The fourth-order valence-corrected chi connectivity index (χ4v) is 3.62. The lowest BCUT2D eigenvalue weighted by atomic mass is 9.86. The van der Waals surface area contributed by atoms with E-state index in [-0.39, 0.29) is 5.54 Å². The number of hydrogen-bond acceptors (Lipinski definition) is 3. The van der Waals surface area contributed by atoms with Crippen molar-refractivity contribution in [3.05, 3.63) is 0 Å². The summed E-state index contributed by atoms with van der Waals surface area (Å²) in [5.41, 5.74) is -0.155. The van der Waals surface area contributed by atoms with Gasteiger partial charge in [-0.1, -0.05) is 26.7 Å². The van der Waals surface area contributed by atoms with Crippen molar-refractivity contribution in [2.75, 3.05) is 32.7 Å². The lowest BCUT2D eigenvalue weighted by Crippen LogP contribution is -2.55. The third-order valence-electron chi connectivity index (χ3n) is 4.73. The molecule has 0 aromatic heterocycles. The van der Waals surface area contributed by atoms with Crippen molar-refractivity contribution in [2.24, 2.45) is 5.92 Å². The number of nitrogens with zero attached hydrogens (tertiary/aromatic N) is 3. The number of piperidine rings is 1. The SMILES string of the molecule is CC(C)CN1CCC(C#N)(N2CCCCCC2)CC1. The Bertz CT molecular complexity index is 302. The fraction of sp³-hybridized carbons (Fsp3) is 0.938. The van der Waals surface area contributed by atoms with Crippen LogP contribution >= 0.6 is 0 Å². The quantitative estimate of drug-likeness (QED) is 0.784. The highest BCUT2D eigenvalue weighted by molar-refractivity contribution is 5.11. The highest BCUT2D eigenvalue weighted by Crippen LogP contribution is 2.30. The van der Waals surface area contributed by atoms with E-state index in [1.807, 2.05) is 0 Å². The Hall–Kier alpha value is -0.590. The minimum Gasteiger partial charge on any atom is -0.303 e. The van der Waals surface area contributed by atoms with E-state index in [1.54, 1.807) is 0 Å². The zero-order chi connectivity index (χ0) is 13.7. The van der Waals surface area contributed by atoms with Gasteiger partial charge in [0.1, 0.15) is 5.54 Å². The average Bonchev–Trinajstić information content (AvgIpc) is 2.69. The first kappa shape index (κ1) is 14.8. The highest BCUT2D eigenvalue weighted by Gasteiger charge is 2.40. The Kier molecular flexibility index (Phi) is 5.24. The third-order valence-corrected chi connectivity index (χ3v) is 4.73. The van der Waals surface area contributed by atoms with E-state index in [1.165, 1.54) is 32.2 Å². The Balaban J connectivity index is 1.95. The maximum atomic E-state index is 9.74. The fourth-order valence-electron chi connectivity index (χ4n) is 3.62. The Morgan fingerprint density at radius 2 is 1.58 bits per heavy atom. The molecule has 0 aliphatic carbocycles. The number of hydrogen-bond donors (Lipinski definition) is 0. The summed E-state index contributed by atoms with van der Waals surface area (Å²) >= 11 is 0. The van der Waals surface area contributed by atoms with Crippen LogP contribution in [0, 0.1) is 17.2 Å². The largest absolute Gasteiger partial charge is 0.303 e. The smallest absolute Gasteiger partial charge is 0.111 e. The van der Waals surface area contributed by atoms with Gasteiger partial charge in [0.15, 0.2) is 0 Å². The maximum Gasteiger partial charge on any atom is 0.111 e. The van der Waals surface area contributed by atoms with Gasteiger partial charge in [-0.3, -0.25) is 4.90 Å². The Morgan fingerprint density at radius 1 is 1.00 bits per heavy atom. The van der Waals surface area contributed by atoms with Gasteiger partial charge in [-0.2, -0.15) is 5.26 Å². The van der Waals surface area contributed by atoms with Gasteiger partial charge in [0, 0.05) is 19.6 Å². The molecule has 2 rings (SSSR count). The van der Waals surface area contributed by atoms with Crippen LogP contribution in [0.5, 0.6) is 0 Å². The highest BCUT2D eigenvalue weighted by atomic mass is 15.2. The monoisotopic (exact) mass is 263 g/mol. The van der Waals surface area contributed by atoms with E-state index in [9.17, 15) is 5.26 Å². The van der Waals surface area contributed by atoms with Gasteiger partial charge in [0.25, 0.3) is 0 Å². The molecule has 0 aromatic rings. The van der Waals surface area contributed by atoms with Crippen LogP contribution in [0.25, 0.3) is 0 Å². The van der Waals surface area contributed by atoms with Crippen LogP contribution in [0.3, 0.4) is 0 Å². The second-order valence-electron chi connectivity index (χ2n) is 6.74. The molecule has 0 atom stereocenters. The molecule has 3 nitrogen and oxygen atoms in total. The van der Waals surface area contributed by atoms with Crippen molar-refractivity contribution in [3.8, 4) is 6.07 Å². The molecule has 0 aromatic carbocycles. The minimum absolute atomic E-state index is 0.155. The molecule has 0 saturated carbocycles. The average molecular weight is 263 g/mol. The van der Waals surface area contributed by atoms with Crippen LogP contribution in [-0.2, 0) is 0 Å². The van der Waals surface area contributed by atoms with Crippen LogP contribution in [0.15, 0.2) is 0 Å². The van der Waals surface area contributed by atoms with Crippen molar-refractivity contribution < 1.29 is 0 Å². The number of rotatable bonds is 3. The number of nitriles is 1. The molecule has 2 fully saturated rings. The summed E-state index contributed by atoms with van der Waals surface area (Å²) in [6, 6.07) is 2.69. The van der Waals surface area contributed by atoms with E-state index in [0.717, 1.165) is 44.9 Å². The summed E-state index contributed by atoms with van der Waals surface area (Å²) < 4.78 is 0. The molecule has 0 unspecified atom stereocenters. The summed E-state index contributed by atoms with van der Waals surface area (Å²) in [6.07, 6.45) is 7.32. The standard InChI is InChI=1S/C16H29N3/c1-15(2)13-18-11-7-16(14-17,8-12-18)19-9-5-3-4-6-10-19/h15H,3-13H2,1-2H3. The van der Waals surface area contributed by atoms with Crippen LogP contribution in [0.1, 0.15) is 52.4 Å². The normalized spacial score (nSPS) is 26.0. The first-order valence-corrected chi connectivity index (χ1v) is 8.05. The molecular formula is C16H29N3. The zero-order valence-electron chi connectivity index (χ0n) is 12.7. The minimum atomic E-state index is -0.155. The van der Waals surface area contributed by atoms with E-state index < -0.39 is 0 Å². The molecule has 0 N–H and O–H groups in total. The molecule has 2 saturated heterocycles. The summed E-state index contributed by atoms with van der Waals surface area (Å²) in [5, 5.41) is 9.74. The predicted molar refractivity (Wildman–Crippen MR) is 78.9 cm³/mol. The van der Waals surface area contributed by atoms with Gasteiger partial charge < -0.3 is 4.90 Å². The van der Waals surface area contributed by atoms with Crippen molar-refractivity contribution >= 4 is 0 Å². The third kappa shape index (κ3) is 3.70. The van der Waals surface area contributed by atoms with Crippen molar-refractivity contribution in [1.29, 1.82) is 5.26 Å². The van der Waals surface area contributed by atoms with Gasteiger partial charge in [0.2, 0.25) is 0 Å². The molecule has 108 valence electrons. The van der Waals surface area contributed by atoms with Gasteiger partial charge >= 0.3 is 0 Å². The summed E-state index contributed by atoms with van der Waals surface area (Å²) in [4.78, 5) is 5.05. The zero-order valence-corrected chi connectivity index (χ0v) is 12.7. The lowest BCUT2D eigenvalue weighted by molar-refractivity contribution is 0.0588. The van der Waals surface area contributed by atoms with Crippen molar-refractivity contribution in [1.82, 2.24) is 9.80 Å². The topological polar surface area (TPSA) is 30.3 Å². The molecule has 0 bridgehead atoms. The van der Waals surface area contributed by atoms with Crippen LogP contribution in [0.4, 0.5) is 0 Å². The molecule has 19 heavy (non-hydrogen) atoms. The Labute approximate surface area is 118 Å². The summed E-state index contributed by atoms with van der Waals surface area (Å²) in [6.45, 7) is 10.2. The molecule has 0 radical (unpaired) electrons. The molecular weight excluding hydrogens is 234 g/mol. The molecule has 3 heteroatoms. The first-order valence-electron chi connectivity index (χ1n) is 8.05. The second-order valence-corrected chi connectivity index (χ2v) is 6.74. The first-order chi connectivity index (χ1) is 9.16. The summed E-state index contributed by atoms with van der Waals surface area (Å²) in [7, 11) is 0. The molecule has 2 aliphatic rings. The molecule has 2 aliphatic heterocycles. The van der Waals surface area contributed by atoms with Crippen LogP contribution in [-0.4, -0.2) is 48.1 Å². The lowest BCUT2D eigenvalue weighted by Gasteiger charge is -2.44. The van der Waals surface area contributed by atoms with Crippen LogP contribution in [0.2, 0.25) is 0 Å². The number of likely N-dealkylation sites (tertiary alicyclic amines) is 2. The van der Waals surface area contributed by atoms with Crippen molar-refractivity contribution in [3.63, 3.8) is 0 Å². The predicted octanol–water partition coefficient (Wildman–Crippen LogP) is 2.88. The summed E-state index contributed by atoms with van der Waals surface area (Å²) in [5.74, 6) is 0.729. The van der Waals surface area contributed by atoms with E-state index in [2.05, 4.69) is 29.7 Å². The molecule has 2 heterocycles. The Morgan fingerprint density at radius 3 is 2.05 bits per heavy atom. The van der Waals surface area contributed by atoms with E-state index >= 15 is 0 Å². The van der Waals surface area contributed by atoms with Gasteiger partial charge in [-0.15, -0.1) is 0 Å². The van der Waals surface area contributed by atoms with Gasteiger partial charge in [0.05, 0.1) is 6.07 Å². The second kappa shape index (κ2) is 6.72. The van der Waals surface area contributed by atoms with E-state index in [0.29, 0.717) is 0 Å². The van der Waals surface area contributed by atoms with E-state index in [4.69, 9.17) is 0 Å². The van der Waals surface area contributed by atoms with Gasteiger partial charge in [-0.05, 0) is 44.7 Å². The molecule has 0 spiro atoms.